The first-order chi connectivity index (χ1) is 13.7. The van der Waals surface area contributed by atoms with E-state index in [9.17, 15) is 14.9 Å². The third-order valence-electron chi connectivity index (χ3n) is 4.39. The number of rotatable bonds is 5. The number of halogens is 2. The van der Waals surface area contributed by atoms with E-state index in [1.54, 1.807) is 24.4 Å². The third kappa shape index (κ3) is 4.16. The Hall–Kier alpha value is -3.16. The predicted octanol–water partition coefficient (Wildman–Crippen LogP) is 5.76. The highest BCUT2D eigenvalue weighted by Gasteiger charge is 2.15. The highest BCUT2D eigenvalue weighted by Crippen LogP contribution is 2.29. The predicted molar refractivity (Wildman–Crippen MR) is 113 cm³/mol. The Morgan fingerprint density at radius 1 is 1.14 bits per heavy atom. The van der Waals surface area contributed by atoms with Crippen LogP contribution in [0.5, 0.6) is 0 Å². The fourth-order valence-electron chi connectivity index (χ4n) is 3.00. The maximum Gasteiger partial charge on any atom is 0.337 e. The largest absolute Gasteiger partial charge is 0.478 e. The molecule has 0 amide bonds. The van der Waals surface area contributed by atoms with Crippen molar-refractivity contribution in [3.63, 3.8) is 0 Å². The van der Waals surface area contributed by atoms with Crippen molar-refractivity contribution in [3.05, 3.63) is 85.1 Å². The maximum absolute atomic E-state index is 11.2. The van der Waals surface area contributed by atoms with E-state index in [1.807, 2.05) is 24.5 Å². The van der Waals surface area contributed by atoms with E-state index in [1.165, 1.54) is 18.2 Å². The molecule has 0 saturated carbocycles. The summed E-state index contributed by atoms with van der Waals surface area (Å²) in [5.74, 6) is -1.09. The van der Waals surface area contributed by atoms with Gasteiger partial charge in [-0.25, -0.2) is 4.79 Å². The molecule has 1 aromatic heterocycles. The van der Waals surface area contributed by atoms with Crippen LogP contribution < -0.4 is 0 Å². The van der Waals surface area contributed by atoms with Crippen molar-refractivity contribution >= 4 is 46.8 Å². The van der Waals surface area contributed by atoms with Gasteiger partial charge in [-0.1, -0.05) is 23.2 Å². The summed E-state index contributed by atoms with van der Waals surface area (Å²) in [4.78, 5) is 25.9. The summed E-state index contributed by atoms with van der Waals surface area (Å²) in [6, 6.07) is 11.0. The number of aliphatic imine (C=N–C) groups is 1. The molecule has 1 heterocycles. The van der Waals surface area contributed by atoms with E-state index in [0.29, 0.717) is 5.69 Å². The molecule has 0 aliphatic heterocycles. The summed E-state index contributed by atoms with van der Waals surface area (Å²) >= 11 is 11.9. The Labute approximate surface area is 176 Å². The van der Waals surface area contributed by atoms with Crippen molar-refractivity contribution in [2.45, 2.75) is 13.8 Å². The molecule has 0 aliphatic rings. The topological polar surface area (TPSA) is 97.7 Å². The summed E-state index contributed by atoms with van der Waals surface area (Å²) in [6.45, 7) is 3.79. The second-order valence-corrected chi connectivity index (χ2v) is 7.10. The van der Waals surface area contributed by atoms with Crippen LogP contribution >= 0.6 is 23.2 Å². The molecule has 2 aromatic carbocycles. The number of hydrogen-bond acceptors (Lipinski definition) is 4. The van der Waals surface area contributed by atoms with Gasteiger partial charge in [0.15, 0.2) is 0 Å². The quantitative estimate of drug-likeness (QED) is 0.315. The van der Waals surface area contributed by atoms with Gasteiger partial charge in [-0.3, -0.25) is 15.1 Å². The van der Waals surface area contributed by atoms with Crippen LogP contribution in [0.2, 0.25) is 10.0 Å². The summed E-state index contributed by atoms with van der Waals surface area (Å²) in [7, 11) is 0. The molecule has 0 fully saturated rings. The lowest BCUT2D eigenvalue weighted by atomic mass is 10.2. The van der Waals surface area contributed by atoms with Crippen molar-refractivity contribution in [1.82, 2.24) is 4.57 Å². The van der Waals surface area contributed by atoms with Crippen LogP contribution in [0, 0.1) is 24.0 Å². The molecule has 148 valence electrons. The van der Waals surface area contributed by atoms with Crippen LogP contribution in [0.1, 0.15) is 27.3 Å². The molecule has 0 unspecified atom stereocenters. The Morgan fingerprint density at radius 2 is 1.86 bits per heavy atom. The average Bonchev–Trinajstić information content (AvgIpc) is 2.93. The summed E-state index contributed by atoms with van der Waals surface area (Å²) in [5.41, 5.74) is 3.50. The van der Waals surface area contributed by atoms with Crippen molar-refractivity contribution in [2.24, 2.45) is 4.99 Å². The standard InChI is InChI=1S/C20H15Cl2N3O4/c1-11-7-13(10-23-14-3-6-17(21)19(8-14)25(28)29)12(2)24(11)15-4-5-16(20(26)27)18(22)9-15/h3-10H,1-2H3,(H,26,27). The minimum Gasteiger partial charge on any atom is -0.478 e. The molecule has 29 heavy (non-hydrogen) atoms. The number of aryl methyl sites for hydroxylation is 1. The van der Waals surface area contributed by atoms with Crippen LogP contribution in [0.25, 0.3) is 5.69 Å². The minimum absolute atomic E-state index is 0.0315. The fourth-order valence-corrected chi connectivity index (χ4v) is 3.44. The molecule has 0 saturated heterocycles. The first-order valence-corrected chi connectivity index (χ1v) is 9.15. The SMILES string of the molecule is Cc1cc(C=Nc2ccc(Cl)c([N+](=O)[O-])c2)c(C)n1-c1ccc(C(=O)O)c(Cl)c1. The zero-order valence-corrected chi connectivity index (χ0v) is 16.9. The lowest BCUT2D eigenvalue weighted by Gasteiger charge is -2.11. The second kappa shape index (κ2) is 8.06. The average molecular weight is 432 g/mol. The van der Waals surface area contributed by atoms with Gasteiger partial charge in [0.2, 0.25) is 0 Å². The first-order valence-electron chi connectivity index (χ1n) is 8.39. The molecule has 0 atom stereocenters. The summed E-state index contributed by atoms with van der Waals surface area (Å²) in [5, 5.41) is 20.3. The number of nitro groups is 1. The molecule has 0 spiro atoms. The van der Waals surface area contributed by atoms with Crippen LogP contribution in [-0.4, -0.2) is 26.8 Å². The lowest BCUT2D eigenvalue weighted by Crippen LogP contribution is -2.02. The van der Waals surface area contributed by atoms with E-state index in [4.69, 9.17) is 28.3 Å². The molecule has 0 bridgehead atoms. The Bertz CT molecular complexity index is 1170. The molecular formula is C20H15Cl2N3O4. The van der Waals surface area contributed by atoms with Gasteiger partial charge >= 0.3 is 5.97 Å². The number of hydrogen-bond donors (Lipinski definition) is 1. The van der Waals surface area contributed by atoms with E-state index >= 15 is 0 Å². The Balaban J connectivity index is 1.97. The van der Waals surface area contributed by atoms with Crippen LogP contribution in [0.4, 0.5) is 11.4 Å². The number of nitro benzene ring substituents is 1. The second-order valence-electron chi connectivity index (χ2n) is 6.28. The maximum atomic E-state index is 11.2. The van der Waals surface area contributed by atoms with Crippen LogP contribution in [0.3, 0.4) is 0 Å². The number of benzene rings is 2. The molecule has 9 heteroatoms. The Morgan fingerprint density at radius 3 is 2.48 bits per heavy atom. The normalized spacial score (nSPS) is 11.2. The van der Waals surface area contributed by atoms with Crippen molar-refractivity contribution < 1.29 is 14.8 Å². The molecule has 7 nitrogen and oxygen atoms in total. The smallest absolute Gasteiger partial charge is 0.337 e. The zero-order valence-electron chi connectivity index (χ0n) is 15.4. The van der Waals surface area contributed by atoms with Gasteiger partial charge in [-0.15, -0.1) is 0 Å². The van der Waals surface area contributed by atoms with Gasteiger partial charge in [0.1, 0.15) is 5.02 Å². The molecule has 0 radical (unpaired) electrons. The molecular weight excluding hydrogens is 417 g/mol. The van der Waals surface area contributed by atoms with E-state index < -0.39 is 10.9 Å². The lowest BCUT2D eigenvalue weighted by molar-refractivity contribution is -0.384. The van der Waals surface area contributed by atoms with Gasteiger partial charge in [-0.2, -0.15) is 0 Å². The van der Waals surface area contributed by atoms with E-state index in [2.05, 4.69) is 4.99 Å². The molecule has 0 aliphatic carbocycles. The van der Waals surface area contributed by atoms with Crippen molar-refractivity contribution in [1.29, 1.82) is 0 Å². The number of nitrogens with zero attached hydrogens (tertiary/aromatic N) is 3. The zero-order chi connectivity index (χ0) is 21.3. The third-order valence-corrected chi connectivity index (χ3v) is 5.02. The van der Waals surface area contributed by atoms with Crippen LogP contribution in [-0.2, 0) is 0 Å². The van der Waals surface area contributed by atoms with Gasteiger partial charge in [0.25, 0.3) is 5.69 Å². The fraction of sp³-hybridized carbons (Fsp3) is 0.100. The van der Waals surface area contributed by atoms with E-state index in [-0.39, 0.29) is 21.3 Å². The number of carbonyl (C=O) groups is 1. The van der Waals surface area contributed by atoms with Gasteiger partial charge < -0.3 is 9.67 Å². The highest BCUT2D eigenvalue weighted by atomic mass is 35.5. The van der Waals surface area contributed by atoms with Gasteiger partial charge in [-0.05, 0) is 50.2 Å². The minimum atomic E-state index is -1.09. The molecule has 3 rings (SSSR count). The van der Waals surface area contributed by atoms with Crippen LogP contribution in [0.15, 0.2) is 47.5 Å². The number of aromatic carboxylic acids is 1. The molecule has 1 N–H and O–H groups in total. The Kier molecular flexibility index (Phi) is 5.72. The highest BCUT2D eigenvalue weighted by molar-refractivity contribution is 6.33. The van der Waals surface area contributed by atoms with E-state index in [0.717, 1.165) is 22.6 Å². The molecule has 3 aromatic rings. The van der Waals surface area contributed by atoms with Crippen molar-refractivity contribution in [3.8, 4) is 5.69 Å². The summed E-state index contributed by atoms with van der Waals surface area (Å²) < 4.78 is 1.92. The number of aromatic nitrogens is 1. The first kappa shape index (κ1) is 20.6. The number of carboxylic acid groups (broad SMARTS) is 1. The monoisotopic (exact) mass is 431 g/mol. The summed E-state index contributed by atoms with van der Waals surface area (Å²) in [6.07, 6.45) is 1.61. The van der Waals surface area contributed by atoms with Gasteiger partial charge in [0.05, 0.1) is 21.2 Å². The van der Waals surface area contributed by atoms with Gasteiger partial charge in [0, 0.05) is 34.9 Å². The van der Waals surface area contributed by atoms with Crippen molar-refractivity contribution in [2.75, 3.05) is 0 Å². The number of carboxylic acids is 1.